The first-order valence-electron chi connectivity index (χ1n) is 35.1. The lowest BCUT2D eigenvalue weighted by atomic mass is 9.39. The summed E-state index contributed by atoms with van der Waals surface area (Å²) in [4.78, 5) is 106. The van der Waals surface area contributed by atoms with Crippen molar-refractivity contribution in [2.24, 2.45) is 33.8 Å². The van der Waals surface area contributed by atoms with Crippen LogP contribution < -0.4 is 31.9 Å². The van der Waals surface area contributed by atoms with Gasteiger partial charge in [0.25, 0.3) is 16.0 Å². The van der Waals surface area contributed by atoms with Gasteiger partial charge in [0.15, 0.2) is 16.6 Å². The number of fused-ring (bicyclic) bond motifs is 2. The van der Waals surface area contributed by atoms with E-state index in [1.54, 1.807) is 42.6 Å². The number of para-hydroxylation sites is 1. The number of hydrogen-bond acceptors (Lipinski definition) is 17. The van der Waals surface area contributed by atoms with E-state index in [1.165, 1.54) is 16.2 Å². The third kappa shape index (κ3) is 19.1. The average molecular weight is 1410 g/mol. The van der Waals surface area contributed by atoms with E-state index < -0.39 is 51.5 Å². The highest BCUT2D eigenvalue weighted by Crippen LogP contribution is 2.72. The van der Waals surface area contributed by atoms with Gasteiger partial charge >= 0.3 is 18.1 Å². The van der Waals surface area contributed by atoms with Gasteiger partial charge in [-0.1, -0.05) is 101 Å². The number of Topliss-reactive ketones (excluding diaryl/α,β-unsaturated/α-hetero) is 2. The van der Waals surface area contributed by atoms with Gasteiger partial charge in [-0.2, -0.15) is 13.5 Å². The molecule has 6 aromatic rings. The van der Waals surface area contributed by atoms with E-state index >= 15 is 0 Å². The van der Waals surface area contributed by atoms with E-state index in [1.807, 2.05) is 72.8 Å². The topological polar surface area (TPSA) is 337 Å². The van der Waals surface area contributed by atoms with Gasteiger partial charge in [0.05, 0.1) is 40.4 Å². The number of aromatic nitrogens is 4. The van der Waals surface area contributed by atoms with Crippen LogP contribution in [0.4, 0.5) is 20.5 Å². The lowest BCUT2D eigenvalue weighted by molar-refractivity contribution is -0.248. The van der Waals surface area contributed by atoms with E-state index in [9.17, 15) is 51.6 Å². The highest BCUT2D eigenvalue weighted by molar-refractivity contribution is 7.85. The molecule has 4 heterocycles. The van der Waals surface area contributed by atoms with Crippen molar-refractivity contribution in [1.82, 2.24) is 40.6 Å². The number of pyridine rings is 1. The van der Waals surface area contributed by atoms with Crippen molar-refractivity contribution in [1.29, 1.82) is 0 Å². The number of rotatable bonds is 36. The van der Waals surface area contributed by atoms with E-state index in [0.29, 0.717) is 84.1 Å². The Hall–Kier alpha value is -8.17. The Morgan fingerprint density at radius 1 is 0.830 bits per heavy atom. The van der Waals surface area contributed by atoms with Gasteiger partial charge < -0.3 is 46.1 Å². The minimum Gasteiger partial charge on any atom is -0.476 e. The Bertz CT molecular complexity index is 4030. The molecule has 100 heavy (non-hydrogen) atoms. The van der Waals surface area contributed by atoms with Crippen LogP contribution in [0.25, 0.3) is 21.3 Å². The zero-order valence-corrected chi connectivity index (χ0v) is 60.0. The average Bonchev–Trinajstić information content (AvgIpc) is 0.719. The Kier molecular flexibility index (Phi) is 24.0. The second-order valence-corrected chi connectivity index (χ2v) is 32.0. The number of thiazole rings is 1. The van der Waals surface area contributed by atoms with E-state index in [4.69, 9.17) is 25.3 Å². The number of unbranched alkanes of at least 4 members (excludes halogenated alkanes) is 2. The number of nitrogens with one attached hydrogen (secondary N) is 4. The summed E-state index contributed by atoms with van der Waals surface area (Å²) in [5, 5.41) is 28.0. The molecule has 4 fully saturated rings. The molecule has 1 aliphatic heterocycles. The van der Waals surface area contributed by atoms with E-state index in [2.05, 4.69) is 47.0 Å². The van der Waals surface area contributed by atoms with Crippen LogP contribution >= 0.6 is 11.3 Å². The van der Waals surface area contributed by atoms with Crippen LogP contribution in [-0.2, 0) is 66.5 Å². The fraction of sp³-hybridized carbons (Fsp3) is 0.541. The largest absolute Gasteiger partial charge is 0.476 e. The maximum atomic E-state index is 14.0. The molecule has 5 aliphatic rings. The van der Waals surface area contributed by atoms with Crippen molar-refractivity contribution in [3.8, 4) is 11.1 Å². The first-order valence-corrected chi connectivity index (χ1v) is 37.5. The fourth-order valence-electron chi connectivity index (χ4n) is 16.8. The van der Waals surface area contributed by atoms with Gasteiger partial charge in [0.2, 0.25) is 5.91 Å². The Balaban J connectivity index is 0.756. The van der Waals surface area contributed by atoms with Gasteiger partial charge in [-0.25, -0.2) is 24.4 Å². The lowest BCUT2D eigenvalue weighted by Gasteiger charge is -2.69. The monoisotopic (exact) mass is 1410 g/mol. The third-order valence-corrected chi connectivity index (χ3v) is 22.0. The molecule has 8 N–H and O–H groups in total. The third-order valence-electron chi connectivity index (χ3n) is 20.4. The number of carboxylic acids is 1. The molecule has 3 aromatic heterocycles. The Morgan fingerprint density at radius 3 is 2.29 bits per heavy atom. The van der Waals surface area contributed by atoms with Crippen LogP contribution in [-0.4, -0.2) is 147 Å². The molecular formula is C74H97N11O13S2. The van der Waals surface area contributed by atoms with E-state index in [0.717, 1.165) is 97.9 Å². The van der Waals surface area contributed by atoms with Crippen LogP contribution in [0.2, 0.25) is 0 Å². The van der Waals surface area contributed by atoms with Crippen LogP contribution in [0.15, 0.2) is 85.1 Å². The number of hydrogen-bond donors (Lipinski definition) is 7. The van der Waals surface area contributed by atoms with Gasteiger partial charge in [0.1, 0.15) is 18.2 Å². The summed E-state index contributed by atoms with van der Waals surface area (Å²) < 4.78 is 49.8. The normalized spacial score (nSPS) is 20.6. The van der Waals surface area contributed by atoms with Gasteiger partial charge in [0, 0.05) is 86.8 Å². The van der Waals surface area contributed by atoms with Crippen molar-refractivity contribution < 1.29 is 61.1 Å². The number of primary amides is 1. The zero-order valence-electron chi connectivity index (χ0n) is 58.4. The summed E-state index contributed by atoms with van der Waals surface area (Å²) >= 11 is 1.40. The number of amides is 5. The second-order valence-electron chi connectivity index (χ2n) is 29.4. The zero-order chi connectivity index (χ0) is 71.6. The second kappa shape index (κ2) is 32.2. The van der Waals surface area contributed by atoms with Crippen LogP contribution in [0.1, 0.15) is 173 Å². The molecule has 11 rings (SSSR count). The number of aromatic carboxylic acids is 1. The molecular weight excluding hydrogens is 1320 g/mol. The number of benzene rings is 3. The molecule has 0 spiro atoms. The van der Waals surface area contributed by atoms with Gasteiger partial charge in [-0.05, 0) is 172 Å². The van der Waals surface area contributed by atoms with Gasteiger partial charge in [-0.3, -0.25) is 33.7 Å². The van der Waals surface area contributed by atoms with Crippen LogP contribution in [0.5, 0.6) is 0 Å². The predicted octanol–water partition coefficient (Wildman–Crippen LogP) is 10.9. The maximum absolute atomic E-state index is 14.0. The maximum Gasteiger partial charge on any atom is 0.410 e. The summed E-state index contributed by atoms with van der Waals surface area (Å²) in [5.41, 5.74) is 10.4. The molecule has 538 valence electrons. The number of carboxylic acid groups (broad SMARTS) is 1. The summed E-state index contributed by atoms with van der Waals surface area (Å²) in [5.74, 6) is -3.18. The molecule has 3 aromatic carbocycles. The number of nitrogens with zero attached hydrogens (tertiary/aromatic N) is 6. The number of anilines is 2. The van der Waals surface area contributed by atoms with Crippen molar-refractivity contribution in [3.63, 3.8) is 0 Å². The molecule has 0 radical (unpaired) electrons. The molecule has 4 bridgehead atoms. The minimum atomic E-state index is -4.48. The number of urea groups is 1. The molecule has 2 unspecified atom stereocenters. The number of ether oxygens (including phenoxy) is 2. The first-order chi connectivity index (χ1) is 47.6. The lowest BCUT2D eigenvalue weighted by Crippen LogP contribution is -2.64. The van der Waals surface area contributed by atoms with Crippen molar-refractivity contribution in [2.45, 2.75) is 176 Å². The first kappa shape index (κ1) is 74.5. The predicted molar refractivity (Wildman–Crippen MR) is 383 cm³/mol. The highest BCUT2D eigenvalue weighted by Gasteiger charge is 2.66. The number of ketones is 2. The number of nitrogens with two attached hydrogens (primary N) is 1. The van der Waals surface area contributed by atoms with Crippen molar-refractivity contribution in [2.75, 3.05) is 61.8 Å². The number of carbonyl (C=O) groups excluding carboxylic acids is 6. The highest BCUT2D eigenvalue weighted by atomic mass is 32.2. The SMILES string of the molecule is CCCNCCCCCC(=O)C[C@H](C(=O)N[C@@H](CCCNC(N)=O)C(=O)Cc1ccc(COC(=O)N(CCOC23CC4(C)CC(C)(CC(Cn5ncc(-c6ccc(N7CCc8cccc(C(=O)Nc9nc%10ccccc%10s9)c8C7)nc6C(=O)O)c5C)(C4)C2)C3)CCS(=O)(=O)O)cc1)C(C)C. The quantitative estimate of drug-likeness (QED) is 0.0142. The summed E-state index contributed by atoms with van der Waals surface area (Å²) in [7, 11) is -4.48. The molecule has 24 nitrogen and oxygen atoms in total. The van der Waals surface area contributed by atoms with E-state index in [-0.39, 0.29) is 103 Å². The summed E-state index contributed by atoms with van der Waals surface area (Å²) in [6, 6.07) is 22.2. The van der Waals surface area contributed by atoms with Crippen LogP contribution in [0, 0.1) is 35.0 Å². The summed E-state index contributed by atoms with van der Waals surface area (Å²) in [6.07, 6.45) is 11.2. The fourth-order valence-corrected chi connectivity index (χ4v) is 18.1. The molecule has 4 aliphatic carbocycles. The smallest absolute Gasteiger partial charge is 0.410 e. The summed E-state index contributed by atoms with van der Waals surface area (Å²) in [6.45, 7) is 15.4. The van der Waals surface area contributed by atoms with Gasteiger partial charge in [-0.15, -0.1) is 0 Å². The Labute approximate surface area is 589 Å². The van der Waals surface area contributed by atoms with Crippen molar-refractivity contribution in [3.05, 3.63) is 124 Å². The molecule has 5 amide bonds. The molecule has 0 saturated heterocycles. The van der Waals surface area contributed by atoms with Crippen molar-refractivity contribution >= 4 is 84.1 Å². The minimum absolute atomic E-state index is 0.000410. The molecule has 26 heteroatoms. The number of carbonyl (C=O) groups is 7. The molecule has 4 atom stereocenters. The van der Waals surface area contributed by atoms with Crippen LogP contribution in [0.3, 0.4) is 0 Å². The Morgan fingerprint density at radius 2 is 1.58 bits per heavy atom. The standard InChI is InChI=1S/C74H97N11O13S2/c1-7-28-76-29-12-8-9-16-53(86)37-56(48(2)3)66(89)79-59(19-14-30-77-68(75)92)61(87)36-50-21-23-51(24-22-50)40-97-70(93)83(33-35-100(94,95)96)32-34-98-74-44-71(5)41-72(6,45-74)43-73(42-71,46-74)47-85-49(4)57(38-78-85)54-25-26-63(81-64(54)67(90)91)84-31-27-52-15-13-17-55(58(52)39-84)65(88)82-69-80-60-18-10-11-20-62(60)99-69/h10-11,13,15,17-18,20-26,38,48,56,59,76H,7-9,12,14,16,19,27-37,39-47H2,1-6H3,(H,79,89)(H,90,91)(H3,75,77,92)(H,80,82,88)(H,94,95,96)/t56-,59-,71?,72?,73?,74?/m0/s1. The molecule has 4 saturated carbocycles.